The Morgan fingerprint density at radius 3 is 2.17 bits per heavy atom. The van der Waals surface area contributed by atoms with Gasteiger partial charge in [0.1, 0.15) is 11.6 Å². The zero-order valence-corrected chi connectivity index (χ0v) is 16.6. The number of alkyl carbamates (subject to hydrolysis) is 1. The van der Waals surface area contributed by atoms with Crippen LogP contribution in [0, 0.1) is 0 Å². The first-order valence-electron chi connectivity index (χ1n) is 8.18. The van der Waals surface area contributed by atoms with Gasteiger partial charge in [0.05, 0.1) is 12.7 Å². The average Bonchev–Trinajstić information content (AvgIpc) is 2.30. The largest absolute Gasteiger partial charge is 0.464 e. The number of carbonyl (C=O) groups excluding carboxylic acids is 2. The number of aliphatic hydroxyl groups is 1. The molecular weight excluding hydrogens is 314 g/mol. The van der Waals surface area contributed by atoms with Crippen LogP contribution in [-0.4, -0.2) is 49.6 Å². The third-order valence-electron chi connectivity index (χ3n) is 2.90. The van der Waals surface area contributed by atoms with Crippen molar-refractivity contribution < 1.29 is 24.2 Å². The van der Waals surface area contributed by atoms with Crippen molar-refractivity contribution in [1.82, 2.24) is 5.32 Å². The van der Waals surface area contributed by atoms with E-state index in [1.54, 1.807) is 27.7 Å². The van der Waals surface area contributed by atoms with Crippen molar-refractivity contribution in [3.8, 4) is 0 Å². The van der Waals surface area contributed by atoms with Crippen LogP contribution in [0.25, 0.3) is 0 Å². The Kier molecular flexibility index (Phi) is 8.83. The molecule has 7 heteroatoms. The first-order valence-corrected chi connectivity index (χ1v) is 11.9. The second-order valence-corrected chi connectivity index (χ2v) is 13.5. The highest BCUT2D eigenvalue weighted by Crippen LogP contribution is 2.16. The maximum Gasteiger partial charge on any atom is 0.408 e. The van der Waals surface area contributed by atoms with Crippen LogP contribution in [0.15, 0.2) is 0 Å². The van der Waals surface area contributed by atoms with Gasteiger partial charge in [-0.15, -0.1) is 0 Å². The predicted molar refractivity (Wildman–Crippen MR) is 93.2 cm³/mol. The molecule has 23 heavy (non-hydrogen) atoms. The topological polar surface area (TPSA) is 84.9 Å². The van der Waals surface area contributed by atoms with Crippen LogP contribution in [0.4, 0.5) is 4.79 Å². The highest BCUT2D eigenvalue weighted by molar-refractivity contribution is 6.76. The number of amides is 1. The molecular formula is C16H33NO5Si. The number of esters is 1. The molecule has 0 saturated heterocycles. The number of ether oxygens (including phenoxy) is 2. The summed E-state index contributed by atoms with van der Waals surface area (Å²) < 4.78 is 10.2. The monoisotopic (exact) mass is 347 g/mol. The molecule has 2 atom stereocenters. The molecule has 1 amide bonds. The van der Waals surface area contributed by atoms with Gasteiger partial charge in [-0.05, 0) is 46.6 Å². The van der Waals surface area contributed by atoms with Gasteiger partial charge in [0.15, 0.2) is 0 Å². The molecule has 0 radical (unpaired) electrons. The summed E-state index contributed by atoms with van der Waals surface area (Å²) in [4.78, 5) is 23.8. The molecule has 0 aromatic rings. The molecule has 0 aromatic heterocycles. The van der Waals surface area contributed by atoms with Crippen LogP contribution in [0.5, 0.6) is 0 Å². The van der Waals surface area contributed by atoms with Crippen LogP contribution < -0.4 is 5.32 Å². The first kappa shape index (κ1) is 21.9. The molecule has 0 aromatic carbocycles. The van der Waals surface area contributed by atoms with Gasteiger partial charge < -0.3 is 19.9 Å². The SMILES string of the molecule is CCOC(=O)[C@@H](CC[C@@H](O)C[Si](C)(C)C)NC(=O)OC(C)(C)C. The van der Waals surface area contributed by atoms with Gasteiger partial charge in [0, 0.05) is 8.07 Å². The normalized spacial score (nSPS) is 14.8. The first-order chi connectivity index (χ1) is 10.3. The Hall–Kier alpha value is -1.08. The molecule has 2 N–H and O–H groups in total. The Balaban J connectivity index is 4.64. The van der Waals surface area contributed by atoms with Gasteiger partial charge in [-0.25, -0.2) is 9.59 Å². The number of aliphatic hydroxyl groups excluding tert-OH is 1. The van der Waals surface area contributed by atoms with Crippen molar-refractivity contribution in [1.29, 1.82) is 0 Å². The third-order valence-corrected chi connectivity index (χ3v) is 4.59. The van der Waals surface area contributed by atoms with E-state index in [-0.39, 0.29) is 6.61 Å². The maximum absolute atomic E-state index is 12.0. The average molecular weight is 348 g/mol. The van der Waals surface area contributed by atoms with Crippen molar-refractivity contribution in [3.05, 3.63) is 0 Å². The fourth-order valence-electron chi connectivity index (χ4n) is 2.11. The summed E-state index contributed by atoms with van der Waals surface area (Å²) in [6.45, 7) is 13.7. The standard InChI is InChI=1S/C16H33NO5Si/c1-8-21-14(19)13(17-15(20)22-16(2,3)4)10-9-12(18)11-23(5,6)7/h12-13,18H,8-11H2,1-7H3,(H,17,20)/t12-,13-/m1/s1. The second kappa shape index (κ2) is 9.27. The van der Waals surface area contributed by atoms with Crippen LogP contribution in [0.3, 0.4) is 0 Å². The highest BCUT2D eigenvalue weighted by Gasteiger charge is 2.27. The molecule has 6 nitrogen and oxygen atoms in total. The lowest BCUT2D eigenvalue weighted by Gasteiger charge is -2.24. The molecule has 0 saturated carbocycles. The minimum absolute atomic E-state index is 0.239. The van der Waals surface area contributed by atoms with Gasteiger partial charge >= 0.3 is 12.1 Å². The molecule has 0 unspecified atom stereocenters. The molecule has 0 rings (SSSR count). The van der Waals surface area contributed by atoms with Gasteiger partial charge in [0.25, 0.3) is 0 Å². The minimum atomic E-state index is -1.38. The van der Waals surface area contributed by atoms with E-state index in [1.807, 2.05) is 0 Å². The number of hydrogen-bond acceptors (Lipinski definition) is 5. The van der Waals surface area contributed by atoms with E-state index in [9.17, 15) is 14.7 Å². The summed E-state index contributed by atoms with van der Waals surface area (Å²) >= 11 is 0. The van der Waals surface area contributed by atoms with Gasteiger partial charge in [-0.3, -0.25) is 0 Å². The Labute approximate surface area is 140 Å². The summed E-state index contributed by atoms with van der Waals surface area (Å²) in [6.07, 6.45) is -0.373. The van der Waals surface area contributed by atoms with Crippen molar-refractivity contribution in [2.75, 3.05) is 6.61 Å². The summed E-state index contributed by atoms with van der Waals surface area (Å²) in [5.41, 5.74) is -0.638. The second-order valence-electron chi connectivity index (χ2n) is 7.95. The van der Waals surface area contributed by atoms with Gasteiger partial charge in [-0.1, -0.05) is 19.6 Å². The van der Waals surface area contributed by atoms with E-state index >= 15 is 0 Å². The lowest BCUT2D eigenvalue weighted by molar-refractivity contribution is -0.146. The Morgan fingerprint density at radius 1 is 1.17 bits per heavy atom. The van der Waals surface area contributed by atoms with Crippen molar-refractivity contribution >= 4 is 20.1 Å². The fraction of sp³-hybridized carbons (Fsp3) is 0.875. The van der Waals surface area contributed by atoms with E-state index in [2.05, 4.69) is 25.0 Å². The van der Waals surface area contributed by atoms with E-state index in [0.29, 0.717) is 12.8 Å². The summed E-state index contributed by atoms with van der Waals surface area (Å²) in [6, 6.07) is -0.0456. The molecule has 0 aliphatic carbocycles. The lowest BCUT2D eigenvalue weighted by atomic mass is 10.1. The fourth-order valence-corrected chi connectivity index (χ4v) is 3.73. The van der Waals surface area contributed by atoms with Crippen molar-refractivity contribution in [3.63, 3.8) is 0 Å². The van der Waals surface area contributed by atoms with E-state index in [4.69, 9.17) is 9.47 Å². The maximum atomic E-state index is 12.0. The van der Waals surface area contributed by atoms with Crippen molar-refractivity contribution in [2.24, 2.45) is 0 Å². The quantitative estimate of drug-likeness (QED) is 0.521. The van der Waals surface area contributed by atoms with E-state index in [0.717, 1.165) is 6.04 Å². The predicted octanol–water partition coefficient (Wildman–Crippen LogP) is 2.92. The van der Waals surface area contributed by atoms with Crippen LogP contribution in [0.2, 0.25) is 25.7 Å². The number of hydrogen-bond donors (Lipinski definition) is 2. The molecule has 0 aliphatic rings. The number of rotatable bonds is 8. The van der Waals surface area contributed by atoms with Gasteiger partial charge in [-0.2, -0.15) is 0 Å². The lowest BCUT2D eigenvalue weighted by Crippen LogP contribution is -2.44. The summed E-state index contributed by atoms with van der Waals surface area (Å²) in [7, 11) is -1.38. The number of carbonyl (C=O) groups is 2. The molecule has 0 aliphatic heterocycles. The molecule has 0 bridgehead atoms. The summed E-state index contributed by atoms with van der Waals surface area (Å²) in [5.74, 6) is -0.501. The van der Waals surface area contributed by atoms with Gasteiger partial charge in [0.2, 0.25) is 0 Å². The number of nitrogens with one attached hydrogen (secondary N) is 1. The minimum Gasteiger partial charge on any atom is -0.464 e. The smallest absolute Gasteiger partial charge is 0.408 e. The molecule has 136 valence electrons. The molecule has 0 spiro atoms. The van der Waals surface area contributed by atoms with E-state index < -0.39 is 37.9 Å². The molecule has 0 fully saturated rings. The van der Waals surface area contributed by atoms with E-state index in [1.165, 1.54) is 0 Å². The zero-order chi connectivity index (χ0) is 18.3. The van der Waals surface area contributed by atoms with Crippen LogP contribution in [-0.2, 0) is 14.3 Å². The Morgan fingerprint density at radius 2 is 1.74 bits per heavy atom. The molecule has 0 heterocycles. The van der Waals surface area contributed by atoms with Crippen LogP contribution in [0.1, 0.15) is 40.5 Å². The highest BCUT2D eigenvalue weighted by atomic mass is 28.3. The Bertz CT molecular complexity index is 387. The summed E-state index contributed by atoms with van der Waals surface area (Å²) in [5, 5.41) is 12.6. The zero-order valence-electron chi connectivity index (χ0n) is 15.6. The van der Waals surface area contributed by atoms with Crippen molar-refractivity contribution in [2.45, 2.75) is 84.0 Å². The third kappa shape index (κ3) is 12.1. The van der Waals surface area contributed by atoms with Crippen LogP contribution >= 0.6 is 0 Å².